The summed E-state index contributed by atoms with van der Waals surface area (Å²) in [4.78, 5) is 4.60. The molecule has 0 aliphatic carbocycles. The summed E-state index contributed by atoms with van der Waals surface area (Å²) in [5.74, 6) is 1.68. The van der Waals surface area contributed by atoms with Gasteiger partial charge in [0, 0.05) is 19.8 Å². The highest BCUT2D eigenvalue weighted by Crippen LogP contribution is 2.26. The number of fused-ring (bicyclic) bond motifs is 1. The molecule has 0 spiro atoms. The van der Waals surface area contributed by atoms with Crippen LogP contribution in [-0.2, 0) is 10.0 Å². The molecule has 2 aromatic carbocycles. The molecule has 0 saturated carbocycles. The first kappa shape index (κ1) is 20.7. The molecule has 0 aliphatic rings. The fourth-order valence-corrected chi connectivity index (χ4v) is 4.41. The highest BCUT2D eigenvalue weighted by atomic mass is 32.2. The largest absolute Gasteiger partial charge is 0.494 e. The van der Waals surface area contributed by atoms with Crippen LogP contribution in [0.2, 0.25) is 0 Å². The van der Waals surface area contributed by atoms with Crippen molar-refractivity contribution in [3.8, 4) is 5.75 Å². The van der Waals surface area contributed by atoms with Gasteiger partial charge in [-0.3, -0.25) is 0 Å². The van der Waals surface area contributed by atoms with Crippen LogP contribution in [0.25, 0.3) is 11.1 Å². The van der Waals surface area contributed by atoms with Gasteiger partial charge in [-0.05, 0) is 61.7 Å². The smallest absolute Gasteiger partial charge is 0.256 e. The summed E-state index contributed by atoms with van der Waals surface area (Å²) in [5, 5.41) is 0.529. The summed E-state index contributed by atoms with van der Waals surface area (Å²) in [6.45, 7) is 4.72. The first-order valence-electron chi connectivity index (χ1n) is 8.93. The molecule has 0 unspecified atom stereocenters. The fourth-order valence-electron chi connectivity index (χ4n) is 2.74. The predicted octanol–water partition coefficient (Wildman–Crippen LogP) is 4.26. The molecular formula is C20H24N2O4S2. The molecule has 1 heterocycles. The van der Waals surface area contributed by atoms with Gasteiger partial charge < -0.3 is 9.15 Å². The second-order valence-corrected chi connectivity index (χ2v) is 9.97. The molecular weight excluding hydrogens is 396 g/mol. The molecule has 3 aromatic rings. The van der Waals surface area contributed by atoms with Crippen molar-refractivity contribution >= 4 is 32.9 Å². The quantitative estimate of drug-likeness (QED) is 0.401. The van der Waals surface area contributed by atoms with E-state index in [1.54, 1.807) is 12.1 Å². The summed E-state index contributed by atoms with van der Waals surface area (Å²) in [7, 11) is -0.480. The van der Waals surface area contributed by atoms with Crippen LogP contribution < -0.4 is 4.74 Å². The van der Waals surface area contributed by atoms with Gasteiger partial charge in [0.1, 0.15) is 11.3 Å². The van der Waals surface area contributed by atoms with Crippen LogP contribution in [0.15, 0.2) is 50.9 Å². The number of aromatic nitrogens is 1. The number of hydrogen-bond donors (Lipinski definition) is 0. The van der Waals surface area contributed by atoms with Crippen LogP contribution in [0.3, 0.4) is 0 Å². The zero-order valence-electron chi connectivity index (χ0n) is 16.4. The molecule has 0 aliphatic heterocycles. The number of oxazole rings is 1. The molecule has 0 fully saturated rings. The van der Waals surface area contributed by atoms with Crippen LogP contribution in [-0.4, -0.2) is 44.2 Å². The summed E-state index contributed by atoms with van der Waals surface area (Å²) in [6, 6.07) is 10.9. The van der Waals surface area contributed by atoms with Crippen molar-refractivity contribution in [2.24, 2.45) is 0 Å². The Labute approximate surface area is 169 Å². The van der Waals surface area contributed by atoms with Crippen molar-refractivity contribution in [2.45, 2.75) is 30.4 Å². The first-order chi connectivity index (χ1) is 13.3. The molecule has 0 bridgehead atoms. The zero-order chi connectivity index (χ0) is 20.3. The van der Waals surface area contributed by atoms with Crippen molar-refractivity contribution < 1.29 is 17.6 Å². The van der Waals surface area contributed by atoms with E-state index in [2.05, 4.69) is 24.9 Å². The molecule has 0 saturated heterocycles. The third-order valence-electron chi connectivity index (χ3n) is 4.10. The Morgan fingerprint density at radius 2 is 1.82 bits per heavy atom. The third kappa shape index (κ3) is 4.87. The summed E-state index contributed by atoms with van der Waals surface area (Å²) in [5.41, 5.74) is 3.49. The number of sulfonamides is 1. The fraction of sp³-hybridized carbons (Fsp3) is 0.350. The Bertz CT molecular complexity index is 1050. The third-order valence-corrected chi connectivity index (χ3v) is 6.82. The van der Waals surface area contributed by atoms with Crippen molar-refractivity contribution in [3.05, 3.63) is 47.5 Å². The lowest BCUT2D eigenvalue weighted by Gasteiger charge is -2.10. The maximum absolute atomic E-state index is 12.2. The maximum Gasteiger partial charge on any atom is 0.256 e. The van der Waals surface area contributed by atoms with Crippen molar-refractivity contribution in [3.63, 3.8) is 0 Å². The normalized spacial score (nSPS) is 12.0. The van der Waals surface area contributed by atoms with Crippen LogP contribution >= 0.6 is 11.8 Å². The monoisotopic (exact) mass is 420 g/mol. The topological polar surface area (TPSA) is 72.6 Å². The highest BCUT2D eigenvalue weighted by molar-refractivity contribution is 7.99. The minimum absolute atomic E-state index is 0.205. The lowest BCUT2D eigenvalue weighted by Crippen LogP contribution is -2.22. The van der Waals surface area contributed by atoms with E-state index in [-0.39, 0.29) is 4.90 Å². The molecule has 0 atom stereocenters. The number of hydrogen-bond acceptors (Lipinski definition) is 6. The Kier molecular flexibility index (Phi) is 6.32. The lowest BCUT2D eigenvalue weighted by atomic mass is 10.1. The van der Waals surface area contributed by atoms with Crippen LogP contribution in [0.4, 0.5) is 0 Å². The maximum atomic E-state index is 12.2. The lowest BCUT2D eigenvalue weighted by molar-refractivity contribution is 0.318. The van der Waals surface area contributed by atoms with Crippen LogP contribution in [0.1, 0.15) is 17.5 Å². The summed E-state index contributed by atoms with van der Waals surface area (Å²) >= 11 is 1.49. The molecule has 6 nitrogen and oxygen atoms in total. The van der Waals surface area contributed by atoms with Crippen LogP contribution in [0, 0.1) is 13.8 Å². The second kappa shape index (κ2) is 8.55. The van der Waals surface area contributed by atoms with E-state index >= 15 is 0 Å². The van der Waals surface area contributed by atoms with E-state index < -0.39 is 10.0 Å². The SMILES string of the molecule is Cc1cc(C)cc(OCCCSc2nc3cc(S(=O)(=O)N(C)C)ccc3o2)c1. The Morgan fingerprint density at radius 3 is 2.50 bits per heavy atom. The zero-order valence-corrected chi connectivity index (χ0v) is 18.1. The number of nitrogens with zero attached hydrogens (tertiary/aromatic N) is 2. The van der Waals surface area contributed by atoms with Gasteiger partial charge in [-0.2, -0.15) is 0 Å². The average Bonchev–Trinajstić information content (AvgIpc) is 3.02. The van der Waals surface area contributed by atoms with E-state index in [1.807, 2.05) is 12.1 Å². The van der Waals surface area contributed by atoms with Crippen molar-refractivity contribution in [1.29, 1.82) is 0 Å². The highest BCUT2D eigenvalue weighted by Gasteiger charge is 2.19. The number of ether oxygens (including phenoxy) is 1. The van der Waals surface area contributed by atoms with E-state index in [0.29, 0.717) is 22.9 Å². The molecule has 0 N–H and O–H groups in total. The number of thioether (sulfide) groups is 1. The minimum Gasteiger partial charge on any atom is -0.494 e. The summed E-state index contributed by atoms with van der Waals surface area (Å²) < 4.78 is 37.1. The van der Waals surface area contributed by atoms with Gasteiger partial charge in [0.05, 0.1) is 11.5 Å². The van der Waals surface area contributed by atoms with Gasteiger partial charge in [0.15, 0.2) is 5.58 Å². The Morgan fingerprint density at radius 1 is 1.11 bits per heavy atom. The Balaban J connectivity index is 1.56. The molecule has 8 heteroatoms. The predicted molar refractivity (Wildman–Crippen MR) is 112 cm³/mol. The molecule has 3 rings (SSSR count). The molecule has 0 amide bonds. The number of benzene rings is 2. The van der Waals surface area contributed by atoms with E-state index in [0.717, 1.165) is 17.9 Å². The van der Waals surface area contributed by atoms with Gasteiger partial charge in [0.25, 0.3) is 5.22 Å². The molecule has 0 radical (unpaired) electrons. The van der Waals surface area contributed by atoms with Gasteiger partial charge in [-0.15, -0.1) is 0 Å². The van der Waals surface area contributed by atoms with Gasteiger partial charge in [-0.1, -0.05) is 17.8 Å². The molecule has 150 valence electrons. The Hall–Kier alpha value is -2.03. The van der Waals surface area contributed by atoms with Gasteiger partial charge in [0.2, 0.25) is 10.0 Å². The average molecular weight is 421 g/mol. The first-order valence-corrected chi connectivity index (χ1v) is 11.4. The van der Waals surface area contributed by atoms with Crippen LogP contribution in [0.5, 0.6) is 5.75 Å². The molecule has 1 aromatic heterocycles. The summed E-state index contributed by atoms with van der Waals surface area (Å²) in [6.07, 6.45) is 0.844. The standard InChI is InChI=1S/C20H24N2O4S2/c1-14-10-15(2)12-16(11-14)25-8-5-9-27-20-21-18-13-17(6-7-19(18)26-20)28(23,24)22(3)4/h6-7,10-13H,5,8-9H2,1-4H3. The molecule has 28 heavy (non-hydrogen) atoms. The van der Waals surface area contributed by atoms with Crippen molar-refractivity contribution in [2.75, 3.05) is 26.5 Å². The van der Waals surface area contributed by atoms with Gasteiger partial charge >= 0.3 is 0 Å². The number of aryl methyl sites for hydroxylation is 2. The van der Waals surface area contributed by atoms with Gasteiger partial charge in [-0.25, -0.2) is 17.7 Å². The van der Waals surface area contributed by atoms with E-state index in [9.17, 15) is 8.42 Å². The van der Waals surface area contributed by atoms with Crippen molar-refractivity contribution in [1.82, 2.24) is 9.29 Å². The second-order valence-electron chi connectivity index (χ2n) is 6.77. The number of rotatable bonds is 8. The van der Waals surface area contributed by atoms with E-state index in [1.165, 1.54) is 47.4 Å². The minimum atomic E-state index is -3.49. The van der Waals surface area contributed by atoms with E-state index in [4.69, 9.17) is 9.15 Å².